The minimum Gasteiger partial charge on any atom is -0.360 e. The normalized spacial score (nSPS) is 11.5. The fraction of sp³-hybridized carbons (Fsp3) is 0. The largest absolute Gasteiger partial charge is 0.360 e. The third-order valence-electron chi connectivity index (χ3n) is 3.30. The molecule has 0 saturated heterocycles. The molecule has 0 aliphatic rings. The molecule has 0 unspecified atom stereocenters. The summed E-state index contributed by atoms with van der Waals surface area (Å²) in [6, 6.07) is 9.47. The summed E-state index contributed by atoms with van der Waals surface area (Å²) < 4.78 is 67.0. The van der Waals surface area contributed by atoms with Gasteiger partial charge in [-0.25, -0.2) is 21.6 Å². The molecule has 0 amide bonds. The number of aromatic amines is 1. The third kappa shape index (κ3) is 3.13. The number of aromatic nitrogens is 1. The fourth-order valence-corrected chi connectivity index (χ4v) is 3.20. The Labute approximate surface area is 136 Å². The first kappa shape index (κ1) is 16.1. The summed E-state index contributed by atoms with van der Waals surface area (Å²) >= 11 is 0. The number of halogens is 3. The summed E-state index contributed by atoms with van der Waals surface area (Å²) in [7, 11) is -4.16. The highest BCUT2D eigenvalue weighted by atomic mass is 32.2. The molecule has 4 nitrogen and oxygen atoms in total. The van der Waals surface area contributed by atoms with Crippen LogP contribution in [-0.2, 0) is 10.0 Å². The number of rotatable bonds is 4. The van der Waals surface area contributed by atoms with Crippen LogP contribution in [0, 0.1) is 17.5 Å². The van der Waals surface area contributed by atoms with Crippen molar-refractivity contribution in [2.75, 3.05) is 4.72 Å². The van der Waals surface area contributed by atoms with E-state index in [4.69, 9.17) is 0 Å². The summed E-state index contributed by atoms with van der Waals surface area (Å²) in [5.41, 5.74) is -0.0762. The lowest BCUT2D eigenvalue weighted by molar-refractivity contribution is 0.594. The van der Waals surface area contributed by atoms with Crippen LogP contribution in [-0.4, -0.2) is 13.4 Å². The van der Waals surface area contributed by atoms with Crippen molar-refractivity contribution in [1.82, 2.24) is 4.98 Å². The maximum atomic E-state index is 13.7. The van der Waals surface area contributed by atoms with Crippen LogP contribution in [0.15, 0.2) is 59.6 Å². The minimum atomic E-state index is -4.16. The zero-order valence-corrected chi connectivity index (χ0v) is 12.9. The first-order valence-electron chi connectivity index (χ1n) is 6.78. The number of sulfonamides is 1. The van der Waals surface area contributed by atoms with E-state index in [0.717, 1.165) is 24.4 Å². The van der Waals surface area contributed by atoms with Crippen LogP contribution in [0.3, 0.4) is 0 Å². The topological polar surface area (TPSA) is 62.0 Å². The Morgan fingerprint density at radius 1 is 0.917 bits per heavy atom. The second kappa shape index (κ2) is 6.04. The molecule has 0 atom stereocenters. The van der Waals surface area contributed by atoms with Crippen molar-refractivity contribution in [3.05, 3.63) is 72.2 Å². The molecule has 2 N–H and O–H groups in total. The predicted molar refractivity (Wildman–Crippen MR) is 83.4 cm³/mol. The summed E-state index contributed by atoms with van der Waals surface area (Å²) in [6.07, 6.45) is 1.14. The van der Waals surface area contributed by atoms with E-state index in [1.807, 2.05) is 4.72 Å². The Hall–Kier alpha value is -2.74. The Balaban J connectivity index is 1.94. The van der Waals surface area contributed by atoms with Gasteiger partial charge in [0.15, 0.2) is 0 Å². The smallest absolute Gasteiger partial charge is 0.263 e. The molecule has 2 aromatic carbocycles. The van der Waals surface area contributed by atoms with Crippen LogP contribution in [0.5, 0.6) is 0 Å². The van der Waals surface area contributed by atoms with E-state index in [0.29, 0.717) is 0 Å². The van der Waals surface area contributed by atoms with E-state index < -0.39 is 33.2 Å². The standard InChI is InChI=1S/C16H11F3N2O2S/c17-10-5-6-14(19)16(7-10)21-24(22,23)11-8-15(20-9-11)12-3-1-2-4-13(12)18/h1-9,20-21H. The summed E-state index contributed by atoms with van der Waals surface area (Å²) in [6.45, 7) is 0. The van der Waals surface area contributed by atoms with Crippen LogP contribution in [0.2, 0.25) is 0 Å². The van der Waals surface area contributed by atoms with Crippen LogP contribution < -0.4 is 4.72 Å². The molecule has 0 spiro atoms. The van der Waals surface area contributed by atoms with Crippen LogP contribution in [0.4, 0.5) is 18.9 Å². The van der Waals surface area contributed by atoms with Crippen molar-refractivity contribution < 1.29 is 21.6 Å². The van der Waals surface area contributed by atoms with Crippen molar-refractivity contribution in [3.8, 4) is 11.3 Å². The summed E-state index contributed by atoms with van der Waals surface area (Å²) in [5.74, 6) is -2.22. The molecule has 1 aromatic heterocycles. The van der Waals surface area contributed by atoms with Crippen molar-refractivity contribution in [2.45, 2.75) is 4.90 Å². The number of hydrogen-bond acceptors (Lipinski definition) is 2. The van der Waals surface area contributed by atoms with Crippen molar-refractivity contribution in [2.24, 2.45) is 0 Å². The molecule has 0 fully saturated rings. The van der Waals surface area contributed by atoms with Crippen LogP contribution >= 0.6 is 0 Å². The van der Waals surface area contributed by atoms with Gasteiger partial charge in [0.1, 0.15) is 22.3 Å². The average molecular weight is 352 g/mol. The van der Waals surface area contributed by atoms with Gasteiger partial charge in [-0.15, -0.1) is 0 Å². The van der Waals surface area contributed by atoms with E-state index in [9.17, 15) is 21.6 Å². The zero-order chi connectivity index (χ0) is 17.3. The highest BCUT2D eigenvalue weighted by molar-refractivity contribution is 7.92. The van der Waals surface area contributed by atoms with Gasteiger partial charge in [-0.1, -0.05) is 12.1 Å². The van der Waals surface area contributed by atoms with Gasteiger partial charge in [0.05, 0.1) is 5.69 Å². The number of benzene rings is 2. The van der Waals surface area contributed by atoms with E-state index in [2.05, 4.69) is 4.98 Å². The maximum absolute atomic E-state index is 13.7. The quantitative estimate of drug-likeness (QED) is 0.748. The first-order chi connectivity index (χ1) is 11.4. The van der Waals surface area contributed by atoms with Gasteiger partial charge in [0.25, 0.3) is 10.0 Å². The second-order valence-electron chi connectivity index (χ2n) is 4.96. The number of nitrogens with one attached hydrogen (secondary N) is 2. The number of H-pyrrole nitrogens is 1. The van der Waals surface area contributed by atoms with Gasteiger partial charge in [-0.05, 0) is 30.3 Å². The molecule has 3 rings (SSSR count). The van der Waals surface area contributed by atoms with Gasteiger partial charge >= 0.3 is 0 Å². The fourth-order valence-electron chi connectivity index (χ4n) is 2.14. The highest BCUT2D eigenvalue weighted by Crippen LogP contribution is 2.26. The molecule has 3 aromatic rings. The lowest BCUT2D eigenvalue weighted by atomic mass is 10.1. The van der Waals surface area contributed by atoms with Crippen molar-refractivity contribution in [1.29, 1.82) is 0 Å². The average Bonchev–Trinajstić information content (AvgIpc) is 3.02. The predicted octanol–water partition coefficient (Wildman–Crippen LogP) is 3.90. The number of hydrogen-bond donors (Lipinski definition) is 2. The molecule has 8 heteroatoms. The molecule has 1 heterocycles. The minimum absolute atomic E-state index is 0.191. The molecule has 0 aliphatic heterocycles. The van der Waals surface area contributed by atoms with E-state index >= 15 is 0 Å². The van der Waals surface area contributed by atoms with Gasteiger partial charge < -0.3 is 4.98 Å². The monoisotopic (exact) mass is 352 g/mol. The van der Waals surface area contributed by atoms with E-state index in [1.54, 1.807) is 6.07 Å². The van der Waals surface area contributed by atoms with Gasteiger partial charge in [0.2, 0.25) is 0 Å². The highest BCUT2D eigenvalue weighted by Gasteiger charge is 2.19. The lowest BCUT2D eigenvalue weighted by Gasteiger charge is -2.07. The van der Waals surface area contributed by atoms with E-state index in [1.165, 1.54) is 24.3 Å². The first-order valence-corrected chi connectivity index (χ1v) is 8.26. The lowest BCUT2D eigenvalue weighted by Crippen LogP contribution is -2.13. The van der Waals surface area contributed by atoms with Gasteiger partial charge in [-0.2, -0.15) is 0 Å². The van der Waals surface area contributed by atoms with Gasteiger partial charge in [0, 0.05) is 23.5 Å². The van der Waals surface area contributed by atoms with Crippen LogP contribution in [0.25, 0.3) is 11.3 Å². The van der Waals surface area contributed by atoms with E-state index in [-0.39, 0.29) is 16.2 Å². The molecular formula is C16H11F3N2O2S. The number of anilines is 1. The molecule has 0 saturated carbocycles. The summed E-state index contributed by atoms with van der Waals surface area (Å²) in [4.78, 5) is 2.42. The Morgan fingerprint density at radius 3 is 2.42 bits per heavy atom. The van der Waals surface area contributed by atoms with Crippen LogP contribution in [0.1, 0.15) is 0 Å². The molecular weight excluding hydrogens is 341 g/mol. The maximum Gasteiger partial charge on any atom is 0.263 e. The Bertz CT molecular complexity index is 1000. The molecule has 24 heavy (non-hydrogen) atoms. The molecule has 0 aliphatic carbocycles. The molecule has 0 bridgehead atoms. The molecule has 0 radical (unpaired) electrons. The summed E-state index contributed by atoms with van der Waals surface area (Å²) in [5, 5.41) is 0. The Kier molecular flexibility index (Phi) is 4.06. The SMILES string of the molecule is O=S(=O)(Nc1cc(F)ccc1F)c1c[nH]c(-c2ccccc2F)c1. The second-order valence-corrected chi connectivity index (χ2v) is 6.64. The Morgan fingerprint density at radius 2 is 1.67 bits per heavy atom. The molecule has 124 valence electrons. The van der Waals surface area contributed by atoms with Gasteiger partial charge in [-0.3, -0.25) is 4.72 Å². The zero-order valence-electron chi connectivity index (χ0n) is 12.1. The van der Waals surface area contributed by atoms with Crippen molar-refractivity contribution >= 4 is 15.7 Å². The third-order valence-corrected chi connectivity index (χ3v) is 4.65. The van der Waals surface area contributed by atoms with Crippen molar-refractivity contribution in [3.63, 3.8) is 0 Å².